The maximum absolute atomic E-state index is 13.0. The maximum Gasteiger partial charge on any atom is 0.189 e. The zero-order chi connectivity index (χ0) is 21.4. The third-order valence-corrected chi connectivity index (χ3v) is 7.94. The Labute approximate surface area is 206 Å². The molecule has 0 aliphatic heterocycles. The van der Waals surface area contributed by atoms with Gasteiger partial charge < -0.3 is 4.55 Å². The van der Waals surface area contributed by atoms with Gasteiger partial charge in [0.15, 0.2) is 22.2 Å². The molecule has 4 nitrogen and oxygen atoms in total. The highest BCUT2D eigenvalue weighted by Gasteiger charge is 2.22. The van der Waals surface area contributed by atoms with Crippen LogP contribution in [0.3, 0.4) is 0 Å². The zero-order valence-corrected chi connectivity index (χ0v) is 21.7. The van der Waals surface area contributed by atoms with Crippen LogP contribution in [0.15, 0.2) is 70.5 Å². The molecule has 0 aliphatic carbocycles. The predicted octanol–water partition coefficient (Wildman–Crippen LogP) is 6.51. The monoisotopic (exact) mass is 662 g/mol. The van der Waals surface area contributed by atoms with Gasteiger partial charge in [-0.05, 0) is 110 Å². The van der Waals surface area contributed by atoms with Gasteiger partial charge >= 0.3 is 0 Å². The lowest BCUT2D eigenvalue weighted by Gasteiger charge is -2.17. The van der Waals surface area contributed by atoms with Crippen molar-refractivity contribution in [1.29, 1.82) is 0 Å². The molecule has 0 aliphatic rings. The van der Waals surface area contributed by atoms with Crippen molar-refractivity contribution in [3.05, 3.63) is 67.8 Å². The lowest BCUT2D eigenvalue weighted by Crippen LogP contribution is -2.03. The van der Waals surface area contributed by atoms with Crippen molar-refractivity contribution in [2.45, 2.75) is 16.7 Å². The maximum atomic E-state index is 13.0. The van der Waals surface area contributed by atoms with Gasteiger partial charge in [-0.25, -0.2) is 8.42 Å². The molecule has 2 unspecified atom stereocenters. The van der Waals surface area contributed by atoms with Crippen LogP contribution in [0.25, 0.3) is 32.7 Å². The van der Waals surface area contributed by atoms with Gasteiger partial charge in [-0.1, -0.05) is 24.3 Å². The van der Waals surface area contributed by atoms with E-state index < -0.39 is 22.2 Å². The molecule has 4 rings (SSSR count). The first-order chi connectivity index (χ1) is 14.4. The topological polar surface area (TPSA) is 63.6 Å². The summed E-state index contributed by atoms with van der Waals surface area (Å²) in [5.41, 5.74) is 1.28. The largest absolute Gasteiger partial charge is 0.302 e. The highest BCUT2D eigenvalue weighted by Crippen LogP contribution is 2.42. The van der Waals surface area contributed by atoms with E-state index in [-0.39, 0.29) is 4.90 Å². The Morgan fingerprint density at radius 3 is 1.80 bits per heavy atom. The first-order valence-electron chi connectivity index (χ1n) is 9.01. The molecule has 30 heavy (non-hydrogen) atoms. The molecule has 0 saturated heterocycles. The van der Waals surface area contributed by atoms with Crippen LogP contribution in [-0.4, -0.2) is 19.6 Å². The van der Waals surface area contributed by atoms with E-state index in [1.807, 2.05) is 48.5 Å². The molecule has 4 aromatic rings. The third-order valence-electron chi connectivity index (χ3n) is 4.73. The molecule has 1 N–H and O–H groups in total. The van der Waals surface area contributed by atoms with E-state index in [4.69, 9.17) is 4.18 Å². The second-order valence-corrected chi connectivity index (χ2v) is 11.1. The molecule has 0 saturated carbocycles. The molecular weight excluding hydrogens is 646 g/mol. The Hall–Kier alpha value is -0.920. The molecule has 8 heteroatoms. The Kier molecular flexibility index (Phi) is 6.90. The third kappa shape index (κ3) is 4.22. The fourth-order valence-corrected chi connectivity index (χ4v) is 6.03. The van der Waals surface area contributed by atoms with Crippen LogP contribution in [0.5, 0.6) is 0 Å². The Morgan fingerprint density at radius 2 is 1.30 bits per heavy atom. The van der Waals surface area contributed by atoms with Gasteiger partial charge in [-0.2, -0.15) is 0 Å². The second kappa shape index (κ2) is 9.29. The summed E-state index contributed by atoms with van der Waals surface area (Å²) >= 11 is 0.567. The van der Waals surface area contributed by atoms with E-state index in [1.54, 1.807) is 19.1 Å². The highest BCUT2D eigenvalue weighted by molar-refractivity contribution is 14.1. The van der Waals surface area contributed by atoms with Crippen LogP contribution in [0, 0.1) is 7.14 Å². The van der Waals surface area contributed by atoms with Gasteiger partial charge in [0, 0.05) is 18.3 Å². The van der Waals surface area contributed by atoms with Gasteiger partial charge in [0.2, 0.25) is 0 Å². The molecule has 0 aromatic heterocycles. The minimum absolute atomic E-state index is 0.282. The van der Waals surface area contributed by atoms with Crippen molar-refractivity contribution in [2.24, 2.45) is 0 Å². The van der Waals surface area contributed by atoms with Crippen LogP contribution < -0.4 is 0 Å². The number of fused-ring (bicyclic) bond motifs is 2. The van der Waals surface area contributed by atoms with Crippen molar-refractivity contribution in [1.82, 2.24) is 0 Å². The first kappa shape index (κ1) is 22.3. The van der Waals surface area contributed by atoms with Crippen molar-refractivity contribution < 1.29 is 17.2 Å². The molecule has 0 fully saturated rings. The molecule has 0 heterocycles. The van der Waals surface area contributed by atoms with Crippen molar-refractivity contribution >= 4 is 88.9 Å². The summed E-state index contributed by atoms with van der Waals surface area (Å²) in [5.74, 6) is 0. The first-order valence-corrected chi connectivity index (χ1v) is 13.4. The van der Waals surface area contributed by atoms with Gasteiger partial charge in [0.05, 0.1) is 16.4 Å². The molecular formula is C22H16I2O4S2. The van der Waals surface area contributed by atoms with E-state index in [0.29, 0.717) is 22.6 Å². The van der Waals surface area contributed by atoms with Crippen LogP contribution in [-0.2, 0) is 26.3 Å². The van der Waals surface area contributed by atoms with Crippen LogP contribution >= 0.6 is 45.2 Å². The Morgan fingerprint density at radius 1 is 0.800 bits per heavy atom. The average Bonchev–Trinajstić information content (AvgIpc) is 2.71. The lowest BCUT2D eigenvalue weighted by atomic mass is 9.94. The molecule has 4 aromatic carbocycles. The van der Waals surface area contributed by atoms with Gasteiger partial charge in [-0.3, -0.25) is 4.18 Å². The van der Waals surface area contributed by atoms with E-state index in [1.165, 1.54) is 0 Å². The van der Waals surface area contributed by atoms with E-state index in [9.17, 15) is 13.0 Å². The number of halogens is 2. The molecule has 2 atom stereocenters. The van der Waals surface area contributed by atoms with Crippen molar-refractivity contribution in [3.63, 3.8) is 0 Å². The summed E-state index contributed by atoms with van der Waals surface area (Å²) in [6, 6.07) is 19.1. The van der Waals surface area contributed by atoms with Crippen LogP contribution in [0.2, 0.25) is 0 Å². The number of rotatable bonds is 5. The van der Waals surface area contributed by atoms with Gasteiger partial charge in [0.25, 0.3) is 0 Å². The predicted molar refractivity (Wildman–Crippen MR) is 139 cm³/mol. The normalized spacial score (nSPS) is 13.6. The number of hydrogen-bond donors (Lipinski definition) is 1. The summed E-state index contributed by atoms with van der Waals surface area (Å²) in [7, 11) is 0. The standard InChI is InChI=1S/C22H16I2O4S2/c1-2-28-30(27)20-10-4-14-12-16(24)6-8-18(14)22(20)21-17-7-5-15(23)11-13(17)3-9-19(21)29(25)26/h3-12H,2H2,1H3,(H,25,26). The number of hydrogen-bond acceptors (Lipinski definition) is 3. The van der Waals surface area contributed by atoms with E-state index in [0.717, 1.165) is 28.7 Å². The summed E-state index contributed by atoms with van der Waals surface area (Å²) in [4.78, 5) is 0.771. The van der Waals surface area contributed by atoms with E-state index >= 15 is 0 Å². The molecule has 154 valence electrons. The summed E-state index contributed by atoms with van der Waals surface area (Å²) in [6.07, 6.45) is 0. The van der Waals surface area contributed by atoms with Crippen molar-refractivity contribution in [2.75, 3.05) is 6.61 Å². The fourth-order valence-electron chi connectivity index (χ4n) is 3.53. The van der Waals surface area contributed by atoms with Crippen LogP contribution in [0.1, 0.15) is 6.92 Å². The Bertz CT molecular complexity index is 1340. The van der Waals surface area contributed by atoms with Crippen molar-refractivity contribution in [3.8, 4) is 11.1 Å². The number of benzene rings is 4. The lowest BCUT2D eigenvalue weighted by molar-refractivity contribution is 0.372. The Balaban J connectivity index is 2.21. The smallest absolute Gasteiger partial charge is 0.189 e. The molecule has 0 amide bonds. The molecule has 0 spiro atoms. The van der Waals surface area contributed by atoms with Crippen LogP contribution in [0.4, 0.5) is 0 Å². The zero-order valence-electron chi connectivity index (χ0n) is 15.7. The van der Waals surface area contributed by atoms with E-state index in [2.05, 4.69) is 45.2 Å². The molecule has 0 radical (unpaired) electrons. The quantitative estimate of drug-likeness (QED) is 0.196. The SMILES string of the molecule is CCOS(=O)c1ccc2cc(I)ccc2c1-c1c(S(=O)O)ccc2cc(I)ccc12. The summed E-state index contributed by atoms with van der Waals surface area (Å²) in [5, 5.41) is 3.60. The minimum Gasteiger partial charge on any atom is -0.302 e. The highest BCUT2D eigenvalue weighted by atomic mass is 127. The second-order valence-electron chi connectivity index (χ2n) is 6.50. The molecule has 0 bridgehead atoms. The average molecular weight is 662 g/mol. The minimum atomic E-state index is -2.22. The van der Waals surface area contributed by atoms with Gasteiger partial charge in [-0.15, -0.1) is 0 Å². The van der Waals surface area contributed by atoms with Gasteiger partial charge in [0.1, 0.15) is 0 Å². The fraction of sp³-hybridized carbons (Fsp3) is 0.0909. The summed E-state index contributed by atoms with van der Waals surface area (Å²) < 4.78 is 42.9. The summed E-state index contributed by atoms with van der Waals surface area (Å²) in [6.45, 7) is 2.08.